The Morgan fingerprint density at radius 3 is 3.00 bits per heavy atom. The molecular formula is C13H20N4O2. The van der Waals surface area contributed by atoms with E-state index in [-0.39, 0.29) is 18.6 Å². The van der Waals surface area contributed by atoms with Crippen LogP contribution in [0, 0.1) is 13.8 Å². The zero-order valence-electron chi connectivity index (χ0n) is 11.4. The fourth-order valence-electron chi connectivity index (χ4n) is 2.17. The second kappa shape index (κ2) is 5.97. The Labute approximate surface area is 112 Å². The van der Waals surface area contributed by atoms with Crippen molar-refractivity contribution in [2.75, 3.05) is 25.0 Å². The average Bonchev–Trinajstić information content (AvgIpc) is 2.39. The normalized spacial score (nSPS) is 19.6. The molecule has 1 aromatic rings. The maximum Gasteiger partial charge on any atom is 0.245 e. The van der Waals surface area contributed by atoms with Gasteiger partial charge in [0.25, 0.3) is 0 Å². The van der Waals surface area contributed by atoms with Gasteiger partial charge in [0.15, 0.2) is 0 Å². The van der Waals surface area contributed by atoms with Crippen molar-refractivity contribution in [3.63, 3.8) is 0 Å². The zero-order valence-corrected chi connectivity index (χ0v) is 11.4. The highest BCUT2D eigenvalue weighted by molar-refractivity contribution is 5.84. The predicted molar refractivity (Wildman–Crippen MR) is 71.8 cm³/mol. The lowest BCUT2D eigenvalue weighted by molar-refractivity contribution is -0.134. The van der Waals surface area contributed by atoms with Crippen molar-refractivity contribution in [2.45, 2.75) is 32.7 Å². The summed E-state index contributed by atoms with van der Waals surface area (Å²) in [6, 6.07) is -0.289. The Bertz CT molecular complexity index is 462. The maximum atomic E-state index is 12.2. The number of piperidine rings is 1. The number of aliphatic hydroxyl groups is 1. The molecule has 2 N–H and O–H groups in total. The number of aromatic nitrogens is 2. The molecule has 104 valence electrons. The van der Waals surface area contributed by atoms with Crippen LogP contribution in [0.3, 0.4) is 0 Å². The zero-order chi connectivity index (χ0) is 13.8. The van der Waals surface area contributed by atoms with Crippen molar-refractivity contribution in [1.29, 1.82) is 0 Å². The molecule has 0 spiro atoms. The first-order chi connectivity index (χ1) is 9.11. The van der Waals surface area contributed by atoms with Crippen LogP contribution < -0.4 is 5.32 Å². The number of aryl methyl sites for hydroxylation is 2. The molecule has 1 aliphatic rings. The Morgan fingerprint density at radius 1 is 1.53 bits per heavy atom. The first kappa shape index (κ1) is 13.7. The molecular weight excluding hydrogens is 244 g/mol. The van der Waals surface area contributed by atoms with Gasteiger partial charge in [-0.05, 0) is 32.3 Å². The number of aliphatic hydroxyl groups excluding tert-OH is 1. The van der Waals surface area contributed by atoms with Gasteiger partial charge in [-0.3, -0.25) is 4.79 Å². The van der Waals surface area contributed by atoms with Crippen LogP contribution in [-0.4, -0.2) is 51.6 Å². The molecule has 1 aromatic heterocycles. The summed E-state index contributed by atoms with van der Waals surface area (Å²) in [7, 11) is 0. The van der Waals surface area contributed by atoms with Gasteiger partial charge in [-0.25, -0.2) is 9.97 Å². The number of β-amino-alcohol motifs (C(OH)–C–C–N with tert-alkyl or cyclic N) is 1. The van der Waals surface area contributed by atoms with Gasteiger partial charge >= 0.3 is 0 Å². The van der Waals surface area contributed by atoms with Crippen LogP contribution in [0.1, 0.15) is 24.1 Å². The SMILES string of the molecule is Cc1cnc(NC2CCCN(CCO)C2=O)nc1C. The van der Waals surface area contributed by atoms with Crippen LogP contribution >= 0.6 is 0 Å². The summed E-state index contributed by atoms with van der Waals surface area (Å²) in [6.07, 6.45) is 3.45. The van der Waals surface area contributed by atoms with Gasteiger partial charge < -0.3 is 15.3 Å². The number of anilines is 1. The molecule has 0 saturated carbocycles. The molecule has 0 radical (unpaired) electrons. The summed E-state index contributed by atoms with van der Waals surface area (Å²) in [5.74, 6) is 0.509. The lowest BCUT2D eigenvalue weighted by Gasteiger charge is -2.32. The Balaban J connectivity index is 2.05. The predicted octanol–water partition coefficient (Wildman–Crippen LogP) is 0.489. The molecule has 6 nitrogen and oxygen atoms in total. The average molecular weight is 264 g/mol. The van der Waals surface area contributed by atoms with E-state index in [4.69, 9.17) is 5.11 Å². The molecule has 1 amide bonds. The van der Waals surface area contributed by atoms with Crippen molar-refractivity contribution in [2.24, 2.45) is 0 Å². The number of nitrogens with zero attached hydrogens (tertiary/aromatic N) is 3. The fraction of sp³-hybridized carbons (Fsp3) is 0.615. The molecule has 1 saturated heterocycles. The highest BCUT2D eigenvalue weighted by Gasteiger charge is 2.28. The molecule has 2 heterocycles. The number of carbonyl (C=O) groups excluding carboxylic acids is 1. The van der Waals surface area contributed by atoms with Crippen molar-refractivity contribution >= 4 is 11.9 Å². The summed E-state index contributed by atoms with van der Waals surface area (Å²) < 4.78 is 0. The lowest BCUT2D eigenvalue weighted by atomic mass is 10.1. The van der Waals surface area contributed by atoms with Crippen LogP contribution in [0.4, 0.5) is 5.95 Å². The summed E-state index contributed by atoms with van der Waals surface area (Å²) >= 11 is 0. The summed E-state index contributed by atoms with van der Waals surface area (Å²) in [4.78, 5) is 22.4. The van der Waals surface area contributed by atoms with Crippen molar-refractivity contribution in [3.8, 4) is 0 Å². The Kier molecular flexibility index (Phi) is 4.31. The number of rotatable bonds is 4. The van der Waals surface area contributed by atoms with E-state index in [1.807, 2.05) is 13.8 Å². The summed E-state index contributed by atoms with van der Waals surface area (Å²) in [6.45, 7) is 4.98. The third-order valence-electron chi connectivity index (χ3n) is 3.43. The van der Waals surface area contributed by atoms with Crippen molar-refractivity contribution < 1.29 is 9.90 Å². The summed E-state index contributed by atoms with van der Waals surface area (Å²) in [5, 5.41) is 12.0. The van der Waals surface area contributed by atoms with E-state index in [0.29, 0.717) is 19.0 Å². The minimum atomic E-state index is -0.289. The highest BCUT2D eigenvalue weighted by atomic mass is 16.3. The summed E-state index contributed by atoms with van der Waals surface area (Å²) in [5.41, 5.74) is 1.94. The van der Waals surface area contributed by atoms with E-state index in [0.717, 1.165) is 24.1 Å². The van der Waals surface area contributed by atoms with E-state index in [1.54, 1.807) is 11.1 Å². The lowest BCUT2D eigenvalue weighted by Crippen LogP contribution is -2.48. The molecule has 1 unspecified atom stereocenters. The monoisotopic (exact) mass is 264 g/mol. The molecule has 6 heteroatoms. The number of nitrogens with one attached hydrogen (secondary N) is 1. The smallest absolute Gasteiger partial charge is 0.245 e. The van der Waals surface area contributed by atoms with Crippen LogP contribution in [0.5, 0.6) is 0 Å². The van der Waals surface area contributed by atoms with Gasteiger partial charge in [0, 0.05) is 25.0 Å². The van der Waals surface area contributed by atoms with Crippen LogP contribution in [-0.2, 0) is 4.79 Å². The van der Waals surface area contributed by atoms with E-state index >= 15 is 0 Å². The molecule has 1 atom stereocenters. The van der Waals surface area contributed by atoms with Crippen LogP contribution in [0.15, 0.2) is 6.20 Å². The molecule has 0 aromatic carbocycles. The fourth-order valence-corrected chi connectivity index (χ4v) is 2.17. The van der Waals surface area contributed by atoms with Gasteiger partial charge in [-0.15, -0.1) is 0 Å². The second-order valence-electron chi connectivity index (χ2n) is 4.85. The molecule has 1 fully saturated rings. The number of carbonyl (C=O) groups is 1. The van der Waals surface area contributed by atoms with E-state index in [2.05, 4.69) is 15.3 Å². The first-order valence-corrected chi connectivity index (χ1v) is 6.58. The number of likely N-dealkylation sites (tertiary alicyclic amines) is 1. The van der Waals surface area contributed by atoms with Gasteiger partial charge in [0.1, 0.15) is 6.04 Å². The third-order valence-corrected chi connectivity index (χ3v) is 3.43. The highest BCUT2D eigenvalue weighted by Crippen LogP contribution is 2.15. The molecule has 1 aliphatic heterocycles. The minimum absolute atomic E-state index is 0.00139. The molecule has 0 bridgehead atoms. The van der Waals surface area contributed by atoms with Gasteiger partial charge in [0.2, 0.25) is 11.9 Å². The Morgan fingerprint density at radius 2 is 2.32 bits per heavy atom. The topological polar surface area (TPSA) is 78.4 Å². The van der Waals surface area contributed by atoms with E-state index < -0.39 is 0 Å². The van der Waals surface area contributed by atoms with Gasteiger partial charge in [-0.1, -0.05) is 0 Å². The van der Waals surface area contributed by atoms with Gasteiger partial charge in [0.05, 0.1) is 6.61 Å². The second-order valence-corrected chi connectivity index (χ2v) is 4.85. The Hall–Kier alpha value is -1.69. The molecule has 2 rings (SSSR count). The maximum absolute atomic E-state index is 12.2. The molecule has 19 heavy (non-hydrogen) atoms. The quantitative estimate of drug-likeness (QED) is 0.827. The third kappa shape index (κ3) is 3.20. The number of amides is 1. The van der Waals surface area contributed by atoms with E-state index in [1.165, 1.54) is 0 Å². The number of hydrogen-bond acceptors (Lipinski definition) is 5. The van der Waals surface area contributed by atoms with Crippen molar-refractivity contribution in [1.82, 2.24) is 14.9 Å². The van der Waals surface area contributed by atoms with E-state index in [9.17, 15) is 4.79 Å². The largest absolute Gasteiger partial charge is 0.395 e. The first-order valence-electron chi connectivity index (χ1n) is 6.58. The van der Waals surface area contributed by atoms with Crippen LogP contribution in [0.2, 0.25) is 0 Å². The van der Waals surface area contributed by atoms with Gasteiger partial charge in [-0.2, -0.15) is 0 Å². The van der Waals surface area contributed by atoms with Crippen molar-refractivity contribution in [3.05, 3.63) is 17.5 Å². The minimum Gasteiger partial charge on any atom is -0.395 e. The standard InChI is InChI=1S/C13H20N4O2/c1-9-8-14-13(15-10(9)2)16-11-4-3-5-17(6-7-18)12(11)19/h8,11,18H,3-7H2,1-2H3,(H,14,15,16). The number of hydrogen-bond donors (Lipinski definition) is 2. The van der Waals surface area contributed by atoms with Crippen LogP contribution in [0.25, 0.3) is 0 Å². The molecule has 0 aliphatic carbocycles.